The average molecular weight is 321 g/mol. The maximum absolute atomic E-state index is 11.9. The maximum atomic E-state index is 11.9. The van der Waals surface area contributed by atoms with Gasteiger partial charge >= 0.3 is 12.1 Å². The molecular formula is C19H15NO4. The highest BCUT2D eigenvalue weighted by molar-refractivity contribution is 6.06. The van der Waals surface area contributed by atoms with E-state index in [4.69, 9.17) is 4.74 Å². The van der Waals surface area contributed by atoms with E-state index >= 15 is 0 Å². The molecule has 5 heteroatoms. The molecule has 0 unspecified atom stereocenters. The molecule has 0 aliphatic rings. The van der Waals surface area contributed by atoms with Crippen LogP contribution in [0.5, 0.6) is 0 Å². The van der Waals surface area contributed by atoms with Crippen LogP contribution in [0.3, 0.4) is 0 Å². The lowest BCUT2D eigenvalue weighted by atomic mass is 10.0. The van der Waals surface area contributed by atoms with Crippen LogP contribution in [0.15, 0.2) is 66.7 Å². The molecule has 120 valence electrons. The Balaban J connectivity index is 1.77. The summed E-state index contributed by atoms with van der Waals surface area (Å²) in [6.07, 6.45) is -0.634. The predicted molar refractivity (Wildman–Crippen MR) is 91.2 cm³/mol. The van der Waals surface area contributed by atoms with Crippen LogP contribution < -0.4 is 5.32 Å². The number of amides is 1. The van der Waals surface area contributed by atoms with Gasteiger partial charge in [0.1, 0.15) is 6.61 Å². The molecule has 0 radical (unpaired) electrons. The number of ether oxygens (including phenoxy) is 1. The number of carbonyl (C=O) groups is 2. The van der Waals surface area contributed by atoms with E-state index < -0.39 is 12.1 Å². The fourth-order valence-corrected chi connectivity index (χ4v) is 2.44. The molecule has 2 N–H and O–H groups in total. The summed E-state index contributed by atoms with van der Waals surface area (Å²) in [5, 5.41) is 13.3. The van der Waals surface area contributed by atoms with E-state index in [2.05, 4.69) is 5.32 Å². The van der Waals surface area contributed by atoms with Crippen LogP contribution in [0.1, 0.15) is 15.9 Å². The Morgan fingerprint density at radius 2 is 1.67 bits per heavy atom. The Hall–Kier alpha value is -3.34. The molecule has 0 atom stereocenters. The van der Waals surface area contributed by atoms with Crippen molar-refractivity contribution in [2.24, 2.45) is 0 Å². The van der Waals surface area contributed by atoms with Crippen LogP contribution in [0.2, 0.25) is 0 Å². The van der Waals surface area contributed by atoms with Gasteiger partial charge in [-0.15, -0.1) is 0 Å². The van der Waals surface area contributed by atoms with Crippen molar-refractivity contribution in [2.45, 2.75) is 6.61 Å². The van der Waals surface area contributed by atoms with E-state index in [1.165, 1.54) is 6.07 Å². The summed E-state index contributed by atoms with van der Waals surface area (Å²) < 4.78 is 5.15. The zero-order valence-corrected chi connectivity index (χ0v) is 12.7. The number of hydrogen-bond acceptors (Lipinski definition) is 3. The minimum absolute atomic E-state index is 0.131. The van der Waals surface area contributed by atoms with Crippen molar-refractivity contribution < 1.29 is 19.4 Å². The van der Waals surface area contributed by atoms with E-state index in [9.17, 15) is 14.7 Å². The highest BCUT2D eigenvalue weighted by atomic mass is 16.5. The summed E-state index contributed by atoms with van der Waals surface area (Å²) >= 11 is 0. The van der Waals surface area contributed by atoms with Crippen LogP contribution in [-0.4, -0.2) is 17.2 Å². The molecule has 0 bridgehead atoms. The molecule has 3 rings (SSSR count). The third-order valence-electron chi connectivity index (χ3n) is 3.55. The van der Waals surface area contributed by atoms with Crippen molar-refractivity contribution in [1.82, 2.24) is 0 Å². The van der Waals surface area contributed by atoms with Gasteiger partial charge in [-0.25, -0.2) is 9.59 Å². The molecule has 0 heterocycles. The van der Waals surface area contributed by atoms with Gasteiger partial charge < -0.3 is 9.84 Å². The second-order valence-corrected chi connectivity index (χ2v) is 5.24. The molecule has 0 aliphatic carbocycles. The second kappa shape index (κ2) is 6.83. The molecule has 24 heavy (non-hydrogen) atoms. The van der Waals surface area contributed by atoms with Gasteiger partial charge in [0.05, 0.1) is 5.56 Å². The second-order valence-electron chi connectivity index (χ2n) is 5.24. The monoisotopic (exact) mass is 321 g/mol. The van der Waals surface area contributed by atoms with Gasteiger partial charge in [0, 0.05) is 5.69 Å². The molecule has 0 fully saturated rings. The van der Waals surface area contributed by atoms with E-state index in [1.54, 1.807) is 24.3 Å². The lowest BCUT2D eigenvalue weighted by Gasteiger charge is -2.10. The van der Waals surface area contributed by atoms with Gasteiger partial charge in [-0.05, 0) is 28.5 Å². The molecule has 3 aromatic carbocycles. The first-order valence-corrected chi connectivity index (χ1v) is 7.37. The highest BCUT2D eigenvalue weighted by Crippen LogP contribution is 2.24. The Bertz CT molecular complexity index is 890. The van der Waals surface area contributed by atoms with Crippen molar-refractivity contribution in [1.29, 1.82) is 0 Å². The van der Waals surface area contributed by atoms with Crippen LogP contribution in [0.4, 0.5) is 10.5 Å². The molecule has 0 aliphatic heterocycles. The minimum atomic E-state index is -1.05. The summed E-state index contributed by atoms with van der Waals surface area (Å²) in [5.74, 6) is -1.05. The lowest BCUT2D eigenvalue weighted by Crippen LogP contribution is -2.14. The zero-order chi connectivity index (χ0) is 16.9. The Morgan fingerprint density at radius 1 is 0.958 bits per heavy atom. The number of rotatable bonds is 4. The standard InChI is InChI=1S/C19H15NO4/c21-18(22)17-11-15(10-14-8-4-5-9-16(14)17)20-19(23)24-12-13-6-2-1-3-7-13/h1-11H,12H2,(H,20,23)(H,21,22). The van der Waals surface area contributed by atoms with E-state index in [0.717, 1.165) is 10.9 Å². The number of carbonyl (C=O) groups excluding carboxylic acids is 1. The number of anilines is 1. The van der Waals surface area contributed by atoms with E-state index in [1.807, 2.05) is 36.4 Å². The Labute approximate surface area is 138 Å². The number of benzene rings is 3. The average Bonchev–Trinajstić information content (AvgIpc) is 2.60. The zero-order valence-electron chi connectivity index (χ0n) is 12.7. The number of carboxylic acid groups (broad SMARTS) is 1. The van der Waals surface area contributed by atoms with Crippen molar-refractivity contribution in [2.75, 3.05) is 5.32 Å². The molecule has 0 spiro atoms. The summed E-state index contributed by atoms with van der Waals surface area (Å²) in [5.41, 5.74) is 1.38. The van der Waals surface area contributed by atoms with Gasteiger partial charge in [0.25, 0.3) is 0 Å². The van der Waals surface area contributed by atoms with Gasteiger partial charge in [-0.3, -0.25) is 5.32 Å². The molecule has 0 aromatic heterocycles. The Morgan fingerprint density at radius 3 is 2.42 bits per heavy atom. The lowest BCUT2D eigenvalue weighted by molar-refractivity contribution is 0.0699. The van der Waals surface area contributed by atoms with Gasteiger partial charge in [-0.1, -0.05) is 54.6 Å². The first-order chi connectivity index (χ1) is 11.6. The van der Waals surface area contributed by atoms with Gasteiger partial charge in [0.2, 0.25) is 0 Å². The molecule has 3 aromatic rings. The van der Waals surface area contributed by atoms with E-state index in [0.29, 0.717) is 11.1 Å². The molecule has 5 nitrogen and oxygen atoms in total. The van der Waals surface area contributed by atoms with Crippen molar-refractivity contribution >= 4 is 28.5 Å². The predicted octanol–water partition coefficient (Wildman–Crippen LogP) is 4.29. The smallest absolute Gasteiger partial charge is 0.411 e. The summed E-state index contributed by atoms with van der Waals surface area (Å²) in [4.78, 5) is 23.3. The first-order valence-electron chi connectivity index (χ1n) is 7.37. The van der Waals surface area contributed by atoms with E-state index in [-0.39, 0.29) is 12.2 Å². The number of fused-ring (bicyclic) bond motifs is 1. The topological polar surface area (TPSA) is 75.6 Å². The first kappa shape index (κ1) is 15.6. The SMILES string of the molecule is O=C(Nc1cc(C(=O)O)c2ccccc2c1)OCc1ccccc1. The number of carboxylic acids is 1. The molecule has 1 amide bonds. The Kier molecular flexibility index (Phi) is 4.43. The third-order valence-corrected chi connectivity index (χ3v) is 3.55. The van der Waals surface area contributed by atoms with Crippen LogP contribution in [0, 0.1) is 0 Å². The summed E-state index contributed by atoms with van der Waals surface area (Å²) in [6.45, 7) is 0.145. The largest absolute Gasteiger partial charge is 0.478 e. The van der Waals surface area contributed by atoms with Gasteiger partial charge in [0.15, 0.2) is 0 Å². The highest BCUT2D eigenvalue weighted by Gasteiger charge is 2.12. The number of aromatic carboxylic acids is 1. The van der Waals surface area contributed by atoms with Crippen LogP contribution >= 0.6 is 0 Å². The normalized spacial score (nSPS) is 10.3. The third kappa shape index (κ3) is 3.52. The fourth-order valence-electron chi connectivity index (χ4n) is 2.44. The van der Waals surface area contributed by atoms with Crippen molar-refractivity contribution in [3.63, 3.8) is 0 Å². The number of hydrogen-bond donors (Lipinski definition) is 2. The van der Waals surface area contributed by atoms with Crippen molar-refractivity contribution in [3.05, 3.63) is 77.9 Å². The molecular weight excluding hydrogens is 306 g/mol. The van der Waals surface area contributed by atoms with Crippen molar-refractivity contribution in [3.8, 4) is 0 Å². The van der Waals surface area contributed by atoms with Crippen LogP contribution in [-0.2, 0) is 11.3 Å². The van der Waals surface area contributed by atoms with Gasteiger partial charge in [-0.2, -0.15) is 0 Å². The maximum Gasteiger partial charge on any atom is 0.411 e. The quantitative estimate of drug-likeness (QED) is 0.752. The molecule has 0 saturated heterocycles. The number of nitrogens with one attached hydrogen (secondary N) is 1. The summed E-state index contributed by atoms with van der Waals surface area (Å²) in [7, 11) is 0. The summed E-state index contributed by atoms with van der Waals surface area (Å²) in [6, 6.07) is 19.6. The fraction of sp³-hybridized carbons (Fsp3) is 0.0526. The molecule has 0 saturated carbocycles. The van der Waals surface area contributed by atoms with Crippen LogP contribution in [0.25, 0.3) is 10.8 Å². The minimum Gasteiger partial charge on any atom is -0.478 e.